The summed E-state index contributed by atoms with van der Waals surface area (Å²) in [6.07, 6.45) is 7.96. The molecule has 0 saturated carbocycles. The second-order valence-corrected chi connectivity index (χ2v) is 4.45. The first-order valence-electron chi connectivity index (χ1n) is 6.05. The number of terminal acetylenes is 1. The molecule has 0 aliphatic rings. The molecule has 0 radical (unpaired) electrons. The number of nitrogens with one attached hydrogen (secondary N) is 1. The standard InChI is InChI=1S/C13H16ClN3O3/c1-4-6-9(5-2)16-10-7-15-17(8-11(18)20-3)13(19)12(10)14/h1,7,9,16H,5-6,8H2,2-3H3. The molecule has 1 N–H and O–H groups in total. The molecule has 1 aromatic heterocycles. The molecule has 1 aromatic rings. The van der Waals surface area contributed by atoms with Crippen LogP contribution in [0.25, 0.3) is 0 Å². The first-order chi connectivity index (χ1) is 9.53. The number of methoxy groups -OCH3 is 1. The van der Waals surface area contributed by atoms with Crippen LogP contribution in [0.2, 0.25) is 5.02 Å². The van der Waals surface area contributed by atoms with Crippen LogP contribution in [0, 0.1) is 12.3 Å². The second-order valence-electron chi connectivity index (χ2n) is 4.07. The number of esters is 1. The number of hydrogen-bond donors (Lipinski definition) is 1. The number of rotatable bonds is 6. The van der Waals surface area contributed by atoms with E-state index < -0.39 is 11.5 Å². The number of anilines is 1. The number of aromatic nitrogens is 2. The Bertz CT molecular complexity index is 577. The van der Waals surface area contributed by atoms with Crippen molar-refractivity contribution in [2.75, 3.05) is 12.4 Å². The van der Waals surface area contributed by atoms with Crippen molar-refractivity contribution in [3.63, 3.8) is 0 Å². The lowest BCUT2D eigenvalue weighted by Gasteiger charge is -2.16. The van der Waals surface area contributed by atoms with Gasteiger partial charge in [-0.15, -0.1) is 12.3 Å². The van der Waals surface area contributed by atoms with E-state index in [2.05, 4.69) is 21.1 Å². The van der Waals surface area contributed by atoms with E-state index in [1.807, 2.05) is 6.92 Å². The van der Waals surface area contributed by atoms with Gasteiger partial charge in [0.2, 0.25) is 0 Å². The Morgan fingerprint density at radius 1 is 1.70 bits per heavy atom. The lowest BCUT2D eigenvalue weighted by molar-refractivity contribution is -0.141. The minimum Gasteiger partial charge on any atom is -0.468 e. The molecule has 20 heavy (non-hydrogen) atoms. The number of hydrogen-bond acceptors (Lipinski definition) is 5. The van der Waals surface area contributed by atoms with Crippen molar-refractivity contribution in [2.24, 2.45) is 0 Å². The van der Waals surface area contributed by atoms with Gasteiger partial charge in [0.05, 0.1) is 19.0 Å². The first kappa shape index (κ1) is 16.1. The Labute approximate surface area is 122 Å². The average molecular weight is 298 g/mol. The molecule has 0 saturated heterocycles. The van der Waals surface area contributed by atoms with Gasteiger partial charge in [-0.1, -0.05) is 18.5 Å². The van der Waals surface area contributed by atoms with Crippen molar-refractivity contribution in [2.45, 2.75) is 32.4 Å². The monoisotopic (exact) mass is 297 g/mol. The number of carbonyl (C=O) groups excluding carboxylic acids is 1. The molecule has 0 bridgehead atoms. The summed E-state index contributed by atoms with van der Waals surface area (Å²) in [5.41, 5.74) is -0.155. The highest BCUT2D eigenvalue weighted by Gasteiger charge is 2.14. The topological polar surface area (TPSA) is 73.2 Å². The Balaban J connectivity index is 2.97. The zero-order valence-corrected chi connectivity index (χ0v) is 12.1. The summed E-state index contributed by atoms with van der Waals surface area (Å²) in [6, 6.07) is 0.00940. The van der Waals surface area contributed by atoms with E-state index in [-0.39, 0.29) is 17.6 Å². The third-order valence-electron chi connectivity index (χ3n) is 2.71. The van der Waals surface area contributed by atoms with E-state index in [1.54, 1.807) is 0 Å². The highest BCUT2D eigenvalue weighted by atomic mass is 35.5. The highest BCUT2D eigenvalue weighted by molar-refractivity contribution is 6.32. The van der Waals surface area contributed by atoms with Crippen molar-refractivity contribution in [3.05, 3.63) is 21.6 Å². The Morgan fingerprint density at radius 2 is 2.40 bits per heavy atom. The average Bonchev–Trinajstić information content (AvgIpc) is 2.45. The van der Waals surface area contributed by atoms with Crippen LogP contribution >= 0.6 is 11.6 Å². The van der Waals surface area contributed by atoms with Crippen LogP contribution in [0.15, 0.2) is 11.0 Å². The molecule has 0 fully saturated rings. The molecule has 7 heteroatoms. The van der Waals surface area contributed by atoms with Gasteiger partial charge in [0.25, 0.3) is 5.56 Å². The lowest BCUT2D eigenvalue weighted by Crippen LogP contribution is -2.29. The molecular weight excluding hydrogens is 282 g/mol. The molecule has 0 amide bonds. The molecule has 0 aliphatic heterocycles. The Kier molecular flexibility index (Phi) is 6.07. The van der Waals surface area contributed by atoms with Gasteiger partial charge in [-0.25, -0.2) is 4.68 Å². The zero-order chi connectivity index (χ0) is 15.1. The van der Waals surface area contributed by atoms with Crippen molar-refractivity contribution in [1.82, 2.24) is 9.78 Å². The first-order valence-corrected chi connectivity index (χ1v) is 6.43. The molecule has 1 heterocycles. The molecule has 0 aliphatic carbocycles. The molecular formula is C13H16ClN3O3. The van der Waals surface area contributed by atoms with Crippen LogP contribution in [0.5, 0.6) is 0 Å². The summed E-state index contributed by atoms with van der Waals surface area (Å²) in [7, 11) is 1.23. The van der Waals surface area contributed by atoms with Gasteiger partial charge in [-0.2, -0.15) is 5.10 Å². The Hall–Kier alpha value is -2.00. The fourth-order valence-electron chi connectivity index (χ4n) is 1.52. The van der Waals surface area contributed by atoms with Crippen LogP contribution in [-0.4, -0.2) is 28.9 Å². The third-order valence-corrected chi connectivity index (χ3v) is 3.07. The molecule has 108 valence electrons. The predicted molar refractivity (Wildman–Crippen MR) is 76.7 cm³/mol. The normalized spacial score (nSPS) is 11.5. The van der Waals surface area contributed by atoms with E-state index in [1.165, 1.54) is 13.3 Å². The fourth-order valence-corrected chi connectivity index (χ4v) is 1.73. The van der Waals surface area contributed by atoms with Gasteiger partial charge in [0.15, 0.2) is 0 Å². The van der Waals surface area contributed by atoms with E-state index in [0.717, 1.165) is 11.1 Å². The summed E-state index contributed by atoms with van der Waals surface area (Å²) in [5.74, 6) is 1.97. The number of ether oxygens (including phenoxy) is 1. The van der Waals surface area contributed by atoms with Crippen molar-refractivity contribution in [1.29, 1.82) is 0 Å². The van der Waals surface area contributed by atoms with Gasteiger partial charge in [-0.3, -0.25) is 9.59 Å². The summed E-state index contributed by atoms with van der Waals surface area (Å²) in [5, 5.41) is 6.92. The fraction of sp³-hybridized carbons (Fsp3) is 0.462. The quantitative estimate of drug-likeness (QED) is 0.632. The van der Waals surface area contributed by atoms with Gasteiger partial charge < -0.3 is 10.1 Å². The maximum Gasteiger partial charge on any atom is 0.327 e. The minimum atomic E-state index is -0.574. The Morgan fingerprint density at radius 3 is 2.95 bits per heavy atom. The third kappa shape index (κ3) is 4.00. The predicted octanol–water partition coefficient (Wildman–Crippen LogP) is 1.28. The summed E-state index contributed by atoms with van der Waals surface area (Å²) in [4.78, 5) is 23.1. The second kappa shape index (κ2) is 7.56. The molecule has 1 unspecified atom stereocenters. The molecule has 0 spiro atoms. The maximum atomic E-state index is 11.9. The van der Waals surface area contributed by atoms with Crippen LogP contribution < -0.4 is 10.9 Å². The number of nitrogens with zero attached hydrogens (tertiary/aromatic N) is 2. The summed E-state index contributed by atoms with van der Waals surface area (Å²) in [6.45, 7) is 1.69. The smallest absolute Gasteiger partial charge is 0.327 e. The molecule has 0 aromatic carbocycles. The SMILES string of the molecule is C#CCC(CC)Nc1cnn(CC(=O)OC)c(=O)c1Cl. The zero-order valence-electron chi connectivity index (χ0n) is 11.4. The summed E-state index contributed by atoms with van der Waals surface area (Å²) >= 11 is 5.99. The maximum absolute atomic E-state index is 11.9. The number of halogens is 1. The largest absolute Gasteiger partial charge is 0.468 e. The van der Waals surface area contributed by atoms with Crippen LogP contribution in [0.1, 0.15) is 19.8 Å². The molecule has 6 nitrogen and oxygen atoms in total. The van der Waals surface area contributed by atoms with Crippen LogP contribution in [-0.2, 0) is 16.1 Å². The van der Waals surface area contributed by atoms with Gasteiger partial charge in [0, 0.05) is 12.5 Å². The van der Waals surface area contributed by atoms with E-state index in [4.69, 9.17) is 18.0 Å². The summed E-state index contributed by atoms with van der Waals surface area (Å²) < 4.78 is 5.42. The van der Waals surface area contributed by atoms with Gasteiger partial charge in [-0.05, 0) is 6.42 Å². The highest BCUT2D eigenvalue weighted by Crippen LogP contribution is 2.18. The molecule has 1 rings (SSSR count). The van der Waals surface area contributed by atoms with Gasteiger partial charge in [0.1, 0.15) is 11.6 Å². The minimum absolute atomic E-state index is 0.00940. The van der Waals surface area contributed by atoms with E-state index in [9.17, 15) is 9.59 Å². The lowest BCUT2D eigenvalue weighted by atomic mass is 10.1. The molecule has 1 atom stereocenters. The number of carbonyl (C=O) groups is 1. The van der Waals surface area contributed by atoms with E-state index in [0.29, 0.717) is 12.1 Å². The van der Waals surface area contributed by atoms with Crippen molar-refractivity contribution >= 4 is 23.3 Å². The van der Waals surface area contributed by atoms with Crippen molar-refractivity contribution in [3.8, 4) is 12.3 Å². The van der Waals surface area contributed by atoms with Gasteiger partial charge >= 0.3 is 5.97 Å². The van der Waals surface area contributed by atoms with Crippen molar-refractivity contribution < 1.29 is 9.53 Å². The van der Waals surface area contributed by atoms with Crippen LogP contribution in [0.4, 0.5) is 5.69 Å². The van der Waals surface area contributed by atoms with Crippen LogP contribution in [0.3, 0.4) is 0 Å². The van der Waals surface area contributed by atoms with E-state index >= 15 is 0 Å².